The summed E-state index contributed by atoms with van der Waals surface area (Å²) in [6.07, 6.45) is 1.29. The Labute approximate surface area is 111 Å². The summed E-state index contributed by atoms with van der Waals surface area (Å²) in [6.45, 7) is 0.470. The van der Waals surface area contributed by atoms with Crippen LogP contribution in [-0.4, -0.2) is 17.0 Å². The minimum Gasteiger partial charge on any atom is -0.481 e. The Morgan fingerprint density at radius 2 is 2.18 bits per heavy atom. The molecule has 1 heterocycles. The predicted octanol–water partition coefficient (Wildman–Crippen LogP) is 2.24. The number of carboxylic acids is 1. The number of hydrogen-bond acceptors (Lipinski definition) is 3. The van der Waals surface area contributed by atoms with E-state index in [2.05, 4.69) is 21.2 Å². The first-order valence-electron chi connectivity index (χ1n) is 5.31. The molecule has 1 aromatic rings. The highest BCUT2D eigenvalue weighted by Gasteiger charge is 2.41. The summed E-state index contributed by atoms with van der Waals surface area (Å²) in [5.74, 6) is -1.86. The second-order valence-electron chi connectivity index (χ2n) is 4.08. The van der Waals surface area contributed by atoms with E-state index in [9.17, 15) is 9.59 Å². The maximum atomic E-state index is 11.7. The van der Waals surface area contributed by atoms with Crippen molar-refractivity contribution in [2.45, 2.75) is 19.4 Å². The normalized spacial score (nSPS) is 22.9. The van der Waals surface area contributed by atoms with Gasteiger partial charge in [-0.1, -0.05) is 0 Å². The number of carbonyl (C=O) groups is 2. The van der Waals surface area contributed by atoms with Gasteiger partial charge in [0.1, 0.15) is 0 Å². The van der Waals surface area contributed by atoms with Gasteiger partial charge in [0.2, 0.25) is 5.91 Å². The van der Waals surface area contributed by atoms with Crippen molar-refractivity contribution >= 4 is 39.1 Å². The molecule has 0 aliphatic heterocycles. The smallest absolute Gasteiger partial charge is 0.307 e. The van der Waals surface area contributed by atoms with E-state index in [1.165, 1.54) is 0 Å². The third kappa shape index (κ3) is 2.87. The number of halogens is 1. The van der Waals surface area contributed by atoms with Crippen molar-refractivity contribution in [2.75, 3.05) is 0 Å². The van der Waals surface area contributed by atoms with Crippen LogP contribution in [0.2, 0.25) is 0 Å². The SMILES string of the molecule is O=C(O)C1CCC1C(=O)NCc1cc(Br)cs1. The minimum absolute atomic E-state index is 0.145. The summed E-state index contributed by atoms with van der Waals surface area (Å²) >= 11 is 4.90. The van der Waals surface area contributed by atoms with E-state index in [1.807, 2.05) is 11.4 Å². The van der Waals surface area contributed by atoms with Crippen LogP contribution in [0.5, 0.6) is 0 Å². The molecular formula is C11H12BrNO3S. The van der Waals surface area contributed by atoms with E-state index >= 15 is 0 Å². The molecule has 0 aromatic carbocycles. The van der Waals surface area contributed by atoms with Crippen molar-refractivity contribution in [3.63, 3.8) is 0 Å². The van der Waals surface area contributed by atoms with Crippen LogP contribution >= 0.6 is 27.3 Å². The third-order valence-corrected chi connectivity index (χ3v) is 4.68. The van der Waals surface area contributed by atoms with Crippen LogP contribution in [0.25, 0.3) is 0 Å². The van der Waals surface area contributed by atoms with Gasteiger partial charge in [-0.15, -0.1) is 11.3 Å². The average Bonchev–Trinajstić information content (AvgIpc) is 2.58. The number of hydrogen-bond donors (Lipinski definition) is 2. The molecule has 1 fully saturated rings. The molecule has 1 aliphatic carbocycles. The molecule has 0 radical (unpaired) electrons. The molecule has 4 nitrogen and oxygen atoms in total. The molecule has 2 unspecified atom stereocenters. The Hall–Kier alpha value is -0.880. The fourth-order valence-electron chi connectivity index (χ4n) is 1.86. The molecule has 2 atom stereocenters. The second-order valence-corrected chi connectivity index (χ2v) is 5.99. The summed E-state index contributed by atoms with van der Waals surface area (Å²) in [7, 11) is 0. The van der Waals surface area contributed by atoms with Crippen molar-refractivity contribution in [2.24, 2.45) is 11.8 Å². The number of amides is 1. The van der Waals surface area contributed by atoms with Crippen molar-refractivity contribution < 1.29 is 14.7 Å². The standard InChI is InChI=1S/C11H12BrNO3S/c12-6-3-7(17-5-6)4-13-10(14)8-1-2-9(8)11(15)16/h3,5,8-9H,1-2,4H2,(H,13,14)(H,15,16). The van der Waals surface area contributed by atoms with E-state index < -0.39 is 11.9 Å². The van der Waals surface area contributed by atoms with Crippen LogP contribution in [0.3, 0.4) is 0 Å². The monoisotopic (exact) mass is 317 g/mol. The summed E-state index contributed by atoms with van der Waals surface area (Å²) in [6, 6.07) is 1.94. The molecule has 17 heavy (non-hydrogen) atoms. The van der Waals surface area contributed by atoms with Crippen LogP contribution in [0.4, 0.5) is 0 Å². The summed E-state index contributed by atoms with van der Waals surface area (Å²) in [4.78, 5) is 23.6. The summed E-state index contributed by atoms with van der Waals surface area (Å²) < 4.78 is 0.999. The van der Waals surface area contributed by atoms with Crippen molar-refractivity contribution in [1.29, 1.82) is 0 Å². The van der Waals surface area contributed by atoms with Crippen molar-refractivity contribution in [1.82, 2.24) is 5.32 Å². The first-order chi connectivity index (χ1) is 8.08. The topological polar surface area (TPSA) is 66.4 Å². The van der Waals surface area contributed by atoms with Crippen molar-refractivity contribution in [3.05, 3.63) is 20.8 Å². The second kappa shape index (κ2) is 5.18. The Bertz CT molecular complexity index is 446. The zero-order valence-corrected chi connectivity index (χ0v) is 11.4. The average molecular weight is 318 g/mol. The Morgan fingerprint density at radius 3 is 2.65 bits per heavy atom. The zero-order valence-electron chi connectivity index (χ0n) is 8.98. The van der Waals surface area contributed by atoms with Gasteiger partial charge in [0.15, 0.2) is 0 Å². The van der Waals surface area contributed by atoms with Gasteiger partial charge in [0, 0.05) is 14.7 Å². The number of carboxylic acid groups (broad SMARTS) is 1. The highest BCUT2D eigenvalue weighted by atomic mass is 79.9. The van der Waals surface area contributed by atoms with E-state index in [0.717, 1.165) is 9.35 Å². The van der Waals surface area contributed by atoms with Crippen LogP contribution in [-0.2, 0) is 16.1 Å². The summed E-state index contributed by atoms with van der Waals surface area (Å²) in [5, 5.41) is 13.6. The summed E-state index contributed by atoms with van der Waals surface area (Å²) in [5.41, 5.74) is 0. The van der Waals surface area contributed by atoms with Gasteiger partial charge in [-0.2, -0.15) is 0 Å². The van der Waals surface area contributed by atoms with E-state index in [-0.39, 0.29) is 11.8 Å². The molecule has 0 saturated heterocycles. The lowest BCUT2D eigenvalue weighted by molar-refractivity contribution is -0.152. The molecule has 92 valence electrons. The lowest BCUT2D eigenvalue weighted by Crippen LogP contribution is -2.43. The van der Waals surface area contributed by atoms with Gasteiger partial charge in [-0.3, -0.25) is 9.59 Å². The molecule has 1 saturated carbocycles. The maximum Gasteiger partial charge on any atom is 0.307 e. The molecule has 1 aromatic heterocycles. The van der Waals surface area contributed by atoms with Gasteiger partial charge >= 0.3 is 5.97 Å². The Morgan fingerprint density at radius 1 is 1.47 bits per heavy atom. The first kappa shape index (κ1) is 12.6. The van der Waals surface area contributed by atoms with Crippen LogP contribution in [0, 0.1) is 11.8 Å². The van der Waals surface area contributed by atoms with Gasteiger partial charge in [0.25, 0.3) is 0 Å². The maximum absolute atomic E-state index is 11.7. The number of rotatable bonds is 4. The van der Waals surface area contributed by atoms with Crippen LogP contribution < -0.4 is 5.32 Å². The van der Waals surface area contributed by atoms with Gasteiger partial charge < -0.3 is 10.4 Å². The van der Waals surface area contributed by atoms with Gasteiger partial charge in [-0.05, 0) is 34.8 Å². The molecule has 0 spiro atoms. The highest BCUT2D eigenvalue weighted by Crippen LogP contribution is 2.34. The predicted molar refractivity (Wildman–Crippen MR) is 67.7 cm³/mol. The fourth-order valence-corrected chi connectivity index (χ4v) is 3.25. The number of aliphatic carboxylic acids is 1. The van der Waals surface area contributed by atoms with E-state index in [1.54, 1.807) is 11.3 Å². The van der Waals surface area contributed by atoms with Crippen molar-refractivity contribution in [3.8, 4) is 0 Å². The molecule has 6 heteroatoms. The highest BCUT2D eigenvalue weighted by molar-refractivity contribution is 9.10. The molecular weight excluding hydrogens is 306 g/mol. The van der Waals surface area contributed by atoms with Crippen LogP contribution in [0.15, 0.2) is 15.9 Å². The molecule has 2 N–H and O–H groups in total. The van der Waals surface area contributed by atoms with Gasteiger partial charge in [-0.25, -0.2) is 0 Å². The van der Waals surface area contributed by atoms with Gasteiger partial charge in [0.05, 0.1) is 18.4 Å². The number of thiophene rings is 1. The minimum atomic E-state index is -0.865. The zero-order chi connectivity index (χ0) is 12.4. The van der Waals surface area contributed by atoms with Crippen LogP contribution in [0.1, 0.15) is 17.7 Å². The Kier molecular flexibility index (Phi) is 3.83. The molecule has 1 amide bonds. The largest absolute Gasteiger partial charge is 0.481 e. The lowest BCUT2D eigenvalue weighted by atomic mass is 9.73. The first-order valence-corrected chi connectivity index (χ1v) is 6.98. The quantitative estimate of drug-likeness (QED) is 0.895. The molecule has 1 aliphatic rings. The fraction of sp³-hybridized carbons (Fsp3) is 0.455. The molecule has 0 bridgehead atoms. The number of carbonyl (C=O) groups excluding carboxylic acids is 1. The lowest BCUT2D eigenvalue weighted by Gasteiger charge is -2.31. The third-order valence-electron chi connectivity index (χ3n) is 2.99. The van der Waals surface area contributed by atoms with E-state index in [4.69, 9.17) is 5.11 Å². The van der Waals surface area contributed by atoms with E-state index in [0.29, 0.717) is 19.4 Å². The number of nitrogens with one attached hydrogen (secondary N) is 1. The molecule has 2 rings (SSSR count). The Balaban J connectivity index is 1.84.